The third-order valence-electron chi connectivity index (χ3n) is 3.38. The monoisotopic (exact) mass is 266 g/mol. The van der Waals surface area contributed by atoms with Crippen LogP contribution in [0, 0.1) is 5.92 Å². The Morgan fingerprint density at radius 2 is 2.00 bits per heavy atom. The number of carbonyl (C=O) groups is 2. The molecule has 2 N–H and O–H groups in total. The molecule has 1 amide bonds. The van der Waals surface area contributed by atoms with Crippen molar-refractivity contribution in [3.63, 3.8) is 0 Å². The number of carboxylic acids is 1. The van der Waals surface area contributed by atoms with Gasteiger partial charge in [-0.05, 0) is 25.2 Å². The van der Waals surface area contributed by atoms with Crippen molar-refractivity contribution in [1.29, 1.82) is 0 Å². The Morgan fingerprint density at radius 3 is 2.63 bits per heavy atom. The molecular weight excluding hydrogens is 248 g/mol. The van der Waals surface area contributed by atoms with Crippen molar-refractivity contribution in [2.75, 3.05) is 0 Å². The summed E-state index contributed by atoms with van der Waals surface area (Å²) in [6, 6.07) is -0.913. The van der Waals surface area contributed by atoms with Gasteiger partial charge in [-0.2, -0.15) is 0 Å². The summed E-state index contributed by atoms with van der Waals surface area (Å²) in [5.41, 5.74) is 1.07. The van der Waals surface area contributed by atoms with Gasteiger partial charge in [0.1, 0.15) is 11.8 Å². The summed E-state index contributed by atoms with van der Waals surface area (Å²) in [5, 5.41) is 15.4. The second-order valence-electron chi connectivity index (χ2n) is 5.17. The predicted molar refractivity (Wildman–Crippen MR) is 66.9 cm³/mol. The first-order chi connectivity index (χ1) is 9.00. The van der Waals surface area contributed by atoms with Crippen molar-refractivity contribution in [3.8, 4) is 0 Å². The maximum absolute atomic E-state index is 12.1. The normalized spacial score (nSPS) is 15.9. The molecule has 6 nitrogen and oxygen atoms in total. The van der Waals surface area contributed by atoms with Crippen molar-refractivity contribution in [2.24, 2.45) is 5.92 Å². The highest BCUT2D eigenvalue weighted by Crippen LogP contribution is 2.24. The number of rotatable bonds is 4. The Balaban J connectivity index is 2.16. The van der Waals surface area contributed by atoms with Gasteiger partial charge in [0.15, 0.2) is 5.69 Å². The molecule has 0 aliphatic heterocycles. The average Bonchev–Trinajstić information content (AvgIpc) is 2.78. The van der Waals surface area contributed by atoms with E-state index in [2.05, 4.69) is 10.5 Å². The van der Waals surface area contributed by atoms with E-state index in [1.165, 1.54) is 0 Å². The van der Waals surface area contributed by atoms with Crippen molar-refractivity contribution < 1.29 is 19.2 Å². The molecule has 1 aromatic rings. The first kappa shape index (κ1) is 13.6. The molecule has 0 saturated heterocycles. The minimum absolute atomic E-state index is 0.191. The zero-order chi connectivity index (χ0) is 14.0. The number of carbonyl (C=O) groups excluding carboxylic acids is 1. The van der Waals surface area contributed by atoms with E-state index in [1.807, 2.05) is 0 Å². The van der Waals surface area contributed by atoms with Crippen LogP contribution >= 0.6 is 0 Å². The lowest BCUT2D eigenvalue weighted by atomic mass is 9.96. The number of hydrogen-bond acceptors (Lipinski definition) is 4. The number of carboxylic acid groups (broad SMARTS) is 1. The minimum atomic E-state index is -1.04. The predicted octanol–water partition coefficient (Wildman–Crippen LogP) is 1.39. The Hall–Kier alpha value is -1.85. The maximum Gasteiger partial charge on any atom is 0.326 e. The van der Waals surface area contributed by atoms with Gasteiger partial charge in [0.2, 0.25) is 0 Å². The molecule has 2 rings (SSSR count). The number of nitrogens with zero attached hydrogens (tertiary/aromatic N) is 1. The van der Waals surface area contributed by atoms with Crippen LogP contribution in [0.3, 0.4) is 0 Å². The van der Waals surface area contributed by atoms with Crippen LogP contribution in [-0.2, 0) is 17.6 Å². The number of amides is 1. The highest BCUT2D eigenvalue weighted by atomic mass is 16.5. The number of hydrogen-bond donors (Lipinski definition) is 2. The SMILES string of the molecule is CC(C)[C@@H](NC(=O)c1noc2c1CCCC2)C(=O)O. The van der Waals surface area contributed by atoms with E-state index in [4.69, 9.17) is 9.63 Å². The van der Waals surface area contributed by atoms with Crippen LogP contribution in [-0.4, -0.2) is 28.2 Å². The van der Waals surface area contributed by atoms with Crippen LogP contribution in [0.1, 0.15) is 48.5 Å². The lowest BCUT2D eigenvalue weighted by molar-refractivity contribution is -0.140. The summed E-state index contributed by atoms with van der Waals surface area (Å²) in [7, 11) is 0. The van der Waals surface area contributed by atoms with Gasteiger partial charge in [0.25, 0.3) is 5.91 Å². The van der Waals surface area contributed by atoms with Gasteiger partial charge in [-0.15, -0.1) is 0 Å². The van der Waals surface area contributed by atoms with Crippen molar-refractivity contribution in [1.82, 2.24) is 10.5 Å². The van der Waals surface area contributed by atoms with Gasteiger partial charge < -0.3 is 14.9 Å². The summed E-state index contributed by atoms with van der Waals surface area (Å²) < 4.78 is 5.15. The molecule has 1 aliphatic carbocycles. The van der Waals surface area contributed by atoms with Gasteiger partial charge in [-0.25, -0.2) is 4.79 Å². The molecule has 6 heteroatoms. The number of fused-ring (bicyclic) bond motifs is 1. The Bertz CT molecular complexity index is 493. The van der Waals surface area contributed by atoms with Crippen molar-refractivity contribution >= 4 is 11.9 Å². The second kappa shape index (κ2) is 5.42. The first-order valence-electron chi connectivity index (χ1n) is 6.51. The molecule has 19 heavy (non-hydrogen) atoms. The van der Waals surface area contributed by atoms with Crippen molar-refractivity contribution in [2.45, 2.75) is 45.6 Å². The lowest BCUT2D eigenvalue weighted by Gasteiger charge is -2.17. The van der Waals surface area contributed by atoms with Gasteiger partial charge in [0, 0.05) is 12.0 Å². The summed E-state index contributed by atoms with van der Waals surface area (Å²) in [6.07, 6.45) is 3.59. The quantitative estimate of drug-likeness (QED) is 0.859. The van der Waals surface area contributed by atoms with Crippen LogP contribution in [0.2, 0.25) is 0 Å². The number of nitrogens with one attached hydrogen (secondary N) is 1. The molecule has 0 saturated carbocycles. The topological polar surface area (TPSA) is 92.4 Å². The minimum Gasteiger partial charge on any atom is -0.480 e. The number of aliphatic carboxylic acids is 1. The van der Waals surface area contributed by atoms with E-state index in [0.29, 0.717) is 0 Å². The summed E-state index contributed by atoms with van der Waals surface area (Å²) >= 11 is 0. The van der Waals surface area contributed by atoms with E-state index < -0.39 is 17.9 Å². The molecule has 0 aromatic carbocycles. The van der Waals surface area contributed by atoms with E-state index in [-0.39, 0.29) is 11.6 Å². The zero-order valence-corrected chi connectivity index (χ0v) is 11.1. The molecule has 104 valence electrons. The zero-order valence-electron chi connectivity index (χ0n) is 11.1. The third-order valence-corrected chi connectivity index (χ3v) is 3.38. The maximum atomic E-state index is 12.1. The van der Waals surface area contributed by atoms with E-state index in [0.717, 1.165) is 37.0 Å². The van der Waals surface area contributed by atoms with Crippen LogP contribution in [0.15, 0.2) is 4.52 Å². The molecule has 1 heterocycles. The van der Waals surface area contributed by atoms with Gasteiger partial charge in [-0.3, -0.25) is 4.79 Å². The molecule has 1 atom stereocenters. The Morgan fingerprint density at radius 1 is 1.32 bits per heavy atom. The molecule has 0 fully saturated rings. The fourth-order valence-electron chi connectivity index (χ4n) is 2.29. The molecule has 0 unspecified atom stereocenters. The Labute approximate surface area is 111 Å². The molecule has 0 bridgehead atoms. The van der Waals surface area contributed by atoms with Gasteiger partial charge in [-0.1, -0.05) is 19.0 Å². The smallest absolute Gasteiger partial charge is 0.326 e. The van der Waals surface area contributed by atoms with Gasteiger partial charge in [0.05, 0.1) is 0 Å². The third kappa shape index (κ3) is 2.77. The summed E-state index contributed by atoms with van der Waals surface area (Å²) in [6.45, 7) is 3.49. The van der Waals surface area contributed by atoms with Crippen LogP contribution in [0.4, 0.5) is 0 Å². The van der Waals surface area contributed by atoms with Crippen LogP contribution < -0.4 is 5.32 Å². The first-order valence-corrected chi connectivity index (χ1v) is 6.51. The largest absolute Gasteiger partial charge is 0.480 e. The Kier molecular flexibility index (Phi) is 3.87. The van der Waals surface area contributed by atoms with E-state index in [9.17, 15) is 9.59 Å². The van der Waals surface area contributed by atoms with Gasteiger partial charge >= 0.3 is 5.97 Å². The molecule has 0 radical (unpaired) electrons. The highest BCUT2D eigenvalue weighted by molar-refractivity contribution is 5.96. The van der Waals surface area contributed by atoms with Crippen molar-refractivity contribution in [3.05, 3.63) is 17.0 Å². The fraction of sp³-hybridized carbons (Fsp3) is 0.615. The fourth-order valence-corrected chi connectivity index (χ4v) is 2.29. The highest BCUT2D eigenvalue weighted by Gasteiger charge is 2.28. The van der Waals surface area contributed by atoms with E-state index >= 15 is 0 Å². The molecule has 1 aromatic heterocycles. The number of aromatic nitrogens is 1. The lowest BCUT2D eigenvalue weighted by Crippen LogP contribution is -2.44. The average molecular weight is 266 g/mol. The van der Waals surface area contributed by atoms with E-state index in [1.54, 1.807) is 13.8 Å². The standard InChI is InChI=1S/C13H18N2O4/c1-7(2)10(13(17)18)14-12(16)11-8-5-3-4-6-9(8)19-15-11/h7,10H,3-6H2,1-2H3,(H,14,16)(H,17,18)/t10-/m1/s1. The molecule has 1 aliphatic rings. The molecular formula is C13H18N2O4. The summed E-state index contributed by atoms with van der Waals surface area (Å²) in [5.74, 6) is -0.939. The molecule has 0 spiro atoms. The van der Waals surface area contributed by atoms with Crippen LogP contribution in [0.25, 0.3) is 0 Å². The van der Waals surface area contributed by atoms with Crippen LogP contribution in [0.5, 0.6) is 0 Å². The summed E-state index contributed by atoms with van der Waals surface area (Å²) in [4.78, 5) is 23.2. The second-order valence-corrected chi connectivity index (χ2v) is 5.17. The number of aryl methyl sites for hydroxylation is 1.